The summed E-state index contributed by atoms with van der Waals surface area (Å²) in [6.45, 7) is 9.40. The topological polar surface area (TPSA) is 358 Å². The van der Waals surface area contributed by atoms with E-state index in [4.69, 9.17) is 9.47 Å². The highest BCUT2D eigenvalue weighted by Gasteiger charge is 2.48. The molecule has 10 N–H and O–H groups in total. The molecule has 0 unspecified atom stereocenters. The maximum atomic E-state index is 15.1. The number of Topliss-reactive ketones (excluding diaryl/α,β-unsaturated/α-hetero) is 2. The standard InChI is InChI=1S/C74H93N9O16/c1-42(75-7)62(85)39-56(44(3)84)70(92)83-41-55-38-60(83)63(86)36-52(33-46-19-23-48-15-9-11-17-50(48)31-46)67(89)78-57(72(94)95)27-28-64(87)77-53-37-61(82(40-53)71(93)65(74(4,5)6)81-66(88)43(2)76-8)69(91)79-58(35-47-20-24-49-16-10-12-18-51(49)32-47)68(90)80-59(73(96)97)34-45-21-25-54(26-22-45)98-29-13-14-30-99-55/h9-26,31-32,42-44,52-53,55-61,65,75-76,84H,27-30,33-41H2,1-8H3,(H,77,87)(H,78,89)(H,79,91)(H,80,90)(H,81,88)(H,94,95)(H,96,97)/b14-13+/t42-,43-,44-,52+,53-,55-,56-,57-,58-,59-,60-,61-,65+/m0/s1. The van der Waals surface area contributed by atoms with Gasteiger partial charge in [-0.3, -0.25) is 43.2 Å². The Morgan fingerprint density at radius 2 is 1.21 bits per heavy atom. The number of likely N-dealkylation sites (tertiary alicyclic amines) is 2. The first-order valence-electron chi connectivity index (χ1n) is 33.7. The number of carbonyl (C=O) groups is 11. The minimum atomic E-state index is -1.71. The Kier molecular flexibility index (Phi) is 26.2. The van der Waals surface area contributed by atoms with Gasteiger partial charge in [0.25, 0.3) is 0 Å². The summed E-state index contributed by atoms with van der Waals surface area (Å²) >= 11 is 0. The maximum Gasteiger partial charge on any atom is 0.326 e. The van der Waals surface area contributed by atoms with Crippen molar-refractivity contribution in [2.45, 2.75) is 166 Å². The number of carboxylic acids is 2. The second-order valence-electron chi connectivity index (χ2n) is 27.2. The first-order valence-corrected chi connectivity index (χ1v) is 33.7. The van der Waals surface area contributed by atoms with E-state index in [0.717, 1.165) is 21.5 Å². The third kappa shape index (κ3) is 20.4. The lowest BCUT2D eigenvalue weighted by Gasteiger charge is -2.36. The predicted octanol–water partition coefficient (Wildman–Crippen LogP) is 3.72. The number of carbonyl (C=O) groups excluding carboxylic acids is 9. The number of aliphatic carboxylic acids is 2. The van der Waals surface area contributed by atoms with E-state index in [9.17, 15) is 53.7 Å². The maximum absolute atomic E-state index is 15.1. The number of hydrogen-bond acceptors (Lipinski definition) is 16. The molecule has 4 aliphatic heterocycles. The molecule has 99 heavy (non-hydrogen) atoms. The van der Waals surface area contributed by atoms with Crippen molar-refractivity contribution in [1.29, 1.82) is 0 Å². The third-order valence-corrected chi connectivity index (χ3v) is 18.8. The van der Waals surface area contributed by atoms with E-state index >= 15 is 14.4 Å². The second-order valence-corrected chi connectivity index (χ2v) is 27.2. The number of rotatable bonds is 16. The van der Waals surface area contributed by atoms with Crippen LogP contribution in [0.5, 0.6) is 5.75 Å². The number of benzene rings is 5. The summed E-state index contributed by atoms with van der Waals surface area (Å²) in [5.41, 5.74) is 0.769. The number of carboxylic acid groups (broad SMARTS) is 2. The van der Waals surface area contributed by atoms with Crippen LogP contribution < -0.4 is 42.0 Å². The number of likely N-dealkylation sites (N-methyl/N-ethyl adjacent to an activating group) is 2. The lowest BCUT2D eigenvalue weighted by atomic mass is 9.85. The zero-order chi connectivity index (χ0) is 71.8. The predicted molar refractivity (Wildman–Crippen MR) is 369 cm³/mol. The van der Waals surface area contributed by atoms with Crippen LogP contribution in [0.15, 0.2) is 121 Å². The summed E-state index contributed by atoms with van der Waals surface area (Å²) in [5, 5.41) is 55.2. The van der Waals surface area contributed by atoms with Crippen LogP contribution in [0.2, 0.25) is 0 Å². The molecule has 25 nitrogen and oxygen atoms in total. The summed E-state index contributed by atoms with van der Waals surface area (Å²) in [6, 6.07) is 21.6. The van der Waals surface area contributed by atoms with Crippen LogP contribution in [0, 0.1) is 17.3 Å². The quantitative estimate of drug-likeness (QED) is 0.0629. The molecule has 7 amide bonds. The van der Waals surface area contributed by atoms with Crippen LogP contribution in [0.25, 0.3) is 21.5 Å². The normalized spacial score (nSPS) is 23.8. The number of aliphatic hydroxyl groups is 1. The highest BCUT2D eigenvalue weighted by Crippen LogP contribution is 2.31. The van der Waals surface area contributed by atoms with E-state index in [2.05, 4.69) is 37.2 Å². The Balaban J connectivity index is 1.13. The molecule has 0 aliphatic carbocycles. The number of aliphatic hydroxyl groups excluding tert-OH is 1. The summed E-state index contributed by atoms with van der Waals surface area (Å²) in [6.07, 6.45) is -1.24. The third-order valence-electron chi connectivity index (χ3n) is 18.8. The van der Waals surface area contributed by atoms with Gasteiger partial charge in [-0.1, -0.05) is 124 Å². The van der Waals surface area contributed by atoms with Gasteiger partial charge in [0.2, 0.25) is 41.4 Å². The molecule has 0 aromatic heterocycles. The van der Waals surface area contributed by atoms with E-state index < -0.39 is 162 Å². The number of amides is 7. The van der Waals surface area contributed by atoms with Gasteiger partial charge >= 0.3 is 11.9 Å². The molecule has 5 aromatic rings. The van der Waals surface area contributed by atoms with Gasteiger partial charge < -0.3 is 71.8 Å². The number of ketones is 2. The molecule has 0 saturated carbocycles. The molecule has 2 saturated heterocycles. The molecule has 0 radical (unpaired) electrons. The van der Waals surface area contributed by atoms with Gasteiger partial charge in [-0.15, -0.1) is 0 Å². The van der Waals surface area contributed by atoms with E-state index in [0.29, 0.717) is 22.4 Å². The van der Waals surface area contributed by atoms with Gasteiger partial charge in [-0.25, -0.2) is 9.59 Å². The molecule has 5 aromatic carbocycles. The Morgan fingerprint density at radius 1 is 0.626 bits per heavy atom. The van der Waals surface area contributed by atoms with Crippen molar-refractivity contribution >= 4 is 86.4 Å². The van der Waals surface area contributed by atoms with E-state index in [-0.39, 0.29) is 70.6 Å². The fraction of sp³-hybridized carbons (Fsp3) is 0.473. The Bertz CT molecular complexity index is 3800. The van der Waals surface area contributed by atoms with Crippen molar-refractivity contribution < 1.29 is 77.5 Å². The van der Waals surface area contributed by atoms with Crippen LogP contribution in [-0.4, -0.2) is 197 Å². The molecule has 4 aliphatic rings. The van der Waals surface area contributed by atoms with Gasteiger partial charge in [0.05, 0.1) is 42.9 Å². The van der Waals surface area contributed by atoms with Gasteiger partial charge in [-0.2, -0.15) is 0 Å². The van der Waals surface area contributed by atoms with Crippen molar-refractivity contribution in [2.24, 2.45) is 17.3 Å². The molecule has 0 spiro atoms. The number of ether oxygens (including phenoxy) is 2. The van der Waals surface area contributed by atoms with Crippen molar-refractivity contribution in [3.8, 4) is 5.75 Å². The molecule has 4 heterocycles. The van der Waals surface area contributed by atoms with Crippen LogP contribution >= 0.6 is 0 Å². The Morgan fingerprint density at radius 3 is 1.81 bits per heavy atom. The fourth-order valence-corrected chi connectivity index (χ4v) is 12.7. The molecule has 6 bridgehead atoms. The SMILES string of the molecule is CN[C@@H](C)C(=O)C[C@H](C(=O)N1C[C@@H]2C[C@H]1C(=O)C[C@@H](Cc1ccc3ccccc3c1)C(=O)N[C@H](C(=O)O)CCC(=O)N[C@H]1C[C@@H](C(=O)N[C@@H](Cc3ccc4ccccc4c3)C(=O)N[C@H](C(=O)O)Cc3ccc(cc3)OC/C=C/CO2)N(C(=O)[C@@H](NC(=O)[C@H](C)NC)C(C)(C)C)C1)[C@H](C)O. The minimum Gasteiger partial charge on any atom is -0.490 e. The summed E-state index contributed by atoms with van der Waals surface area (Å²) in [7, 11) is 3.15. The zero-order valence-electron chi connectivity index (χ0n) is 57.3. The highest BCUT2D eigenvalue weighted by atomic mass is 16.5. The lowest BCUT2D eigenvalue weighted by Crippen LogP contribution is -2.61. The molecular formula is C74H93N9O16. The van der Waals surface area contributed by atoms with Crippen LogP contribution in [-0.2, 0) is 76.7 Å². The smallest absolute Gasteiger partial charge is 0.326 e. The summed E-state index contributed by atoms with van der Waals surface area (Å²) in [4.78, 5) is 159. The average molecular weight is 1360 g/mol. The van der Waals surface area contributed by atoms with E-state index in [1.54, 1.807) is 97.3 Å². The molecule has 2 fully saturated rings. The van der Waals surface area contributed by atoms with Crippen LogP contribution in [0.1, 0.15) is 96.8 Å². The van der Waals surface area contributed by atoms with E-state index in [1.807, 2.05) is 72.8 Å². The van der Waals surface area contributed by atoms with Gasteiger partial charge in [-0.05, 0) is 116 Å². The largest absolute Gasteiger partial charge is 0.490 e. The van der Waals surface area contributed by atoms with Crippen LogP contribution in [0.4, 0.5) is 0 Å². The minimum absolute atomic E-state index is 0.000407. The molecule has 9 rings (SSSR count). The van der Waals surface area contributed by atoms with Gasteiger partial charge in [0, 0.05) is 63.6 Å². The van der Waals surface area contributed by atoms with Crippen molar-refractivity contribution in [2.75, 3.05) is 40.4 Å². The Hall–Kier alpha value is -9.43. The average Bonchev–Trinajstić information content (AvgIpc) is 1.70. The van der Waals surface area contributed by atoms with Crippen LogP contribution in [0.3, 0.4) is 0 Å². The highest BCUT2D eigenvalue weighted by molar-refractivity contribution is 5.98. The molecular weight excluding hydrogens is 1270 g/mol. The van der Waals surface area contributed by atoms with Gasteiger partial charge in [0.1, 0.15) is 48.3 Å². The first kappa shape index (κ1) is 75.3. The lowest BCUT2D eigenvalue weighted by molar-refractivity contribution is -0.146. The fourth-order valence-electron chi connectivity index (χ4n) is 12.7. The number of nitrogens with zero attached hydrogens (tertiary/aromatic N) is 2. The molecule has 25 heteroatoms. The molecule has 13 atom stereocenters. The Labute approximate surface area is 575 Å². The summed E-state index contributed by atoms with van der Waals surface area (Å²) in [5.74, 6) is -11.1. The number of fused-ring (bicyclic) bond motifs is 23. The van der Waals surface area contributed by atoms with Crippen molar-refractivity contribution in [1.82, 2.24) is 47.0 Å². The van der Waals surface area contributed by atoms with Gasteiger partial charge in [0.15, 0.2) is 5.78 Å². The van der Waals surface area contributed by atoms with E-state index in [1.165, 1.54) is 16.7 Å². The molecule has 530 valence electrons. The number of hydrogen-bond donors (Lipinski definition) is 10. The van der Waals surface area contributed by atoms with Crippen molar-refractivity contribution in [3.63, 3.8) is 0 Å². The summed E-state index contributed by atoms with van der Waals surface area (Å²) < 4.78 is 12.2. The van der Waals surface area contributed by atoms with Crippen molar-refractivity contribution in [3.05, 3.63) is 138 Å². The second kappa shape index (κ2) is 34.4. The first-order chi connectivity index (χ1) is 47.1. The number of nitrogens with one attached hydrogen (secondary N) is 7. The monoisotopic (exact) mass is 1360 g/mol. The zero-order valence-corrected chi connectivity index (χ0v) is 57.3.